The van der Waals surface area contributed by atoms with E-state index in [1.165, 1.54) is 372 Å². The molecular formula is C100H124O4. The SMILES string of the molecule is CCCCCCCCCCCCOc1cc(-c2c3cccc4c5ccc6ccc7c(-c8cc(C)c(OCCCCCCCCCCCC)c(OCCCCCCCCCCCC)c8)c8cccc9c%10ccc%11ccc2c2c%11c%10c%10c(c89)c7c6c5c%10c2c34)cc(C)c1OCCCCCCCCCCCC. The van der Waals surface area contributed by atoms with Gasteiger partial charge in [0.2, 0.25) is 0 Å². The molecule has 4 nitrogen and oxygen atoms in total. The topological polar surface area (TPSA) is 36.9 Å². The van der Waals surface area contributed by atoms with Crippen molar-refractivity contribution in [1.82, 2.24) is 0 Å². The zero-order valence-electron chi connectivity index (χ0n) is 65.1. The van der Waals surface area contributed by atoms with Gasteiger partial charge >= 0.3 is 0 Å². The van der Waals surface area contributed by atoms with Crippen LogP contribution in [0.4, 0.5) is 0 Å². The maximum absolute atomic E-state index is 7.08. The van der Waals surface area contributed by atoms with E-state index in [1.807, 2.05) is 0 Å². The average molecular weight is 1390 g/mol. The van der Waals surface area contributed by atoms with Gasteiger partial charge in [0.1, 0.15) is 0 Å². The molecule has 0 saturated carbocycles. The summed E-state index contributed by atoms with van der Waals surface area (Å²) in [6, 6.07) is 43.7. The van der Waals surface area contributed by atoms with E-state index >= 15 is 0 Å². The molecule has 0 bridgehead atoms. The van der Waals surface area contributed by atoms with Gasteiger partial charge < -0.3 is 18.9 Å². The minimum atomic E-state index is 0.692. The molecule has 14 aromatic carbocycles. The van der Waals surface area contributed by atoms with Gasteiger partial charge in [-0.1, -0.05) is 344 Å². The highest BCUT2D eigenvalue weighted by molar-refractivity contribution is 6.59. The fraction of sp³-hybridized carbons (Fsp3) is 0.500. The van der Waals surface area contributed by atoms with Gasteiger partial charge in [-0.05, 0) is 216 Å². The molecule has 0 unspecified atom stereocenters. The minimum Gasteiger partial charge on any atom is -0.490 e. The fourth-order valence-electron chi connectivity index (χ4n) is 19.1. The van der Waals surface area contributed by atoms with Crippen LogP contribution in [-0.2, 0) is 0 Å². The Kier molecular flexibility index (Phi) is 25.4. The zero-order chi connectivity index (χ0) is 71.1. The molecule has 4 heteroatoms. The van der Waals surface area contributed by atoms with Crippen LogP contribution in [0.2, 0.25) is 0 Å². The molecule has 0 spiro atoms. The molecule has 0 amide bonds. The van der Waals surface area contributed by atoms with Crippen LogP contribution in [0.5, 0.6) is 23.0 Å². The molecule has 14 aromatic rings. The third-order valence-electron chi connectivity index (χ3n) is 24.5. The number of rotatable bonds is 50. The summed E-state index contributed by atoms with van der Waals surface area (Å²) >= 11 is 0. The van der Waals surface area contributed by atoms with Crippen LogP contribution in [-0.4, -0.2) is 26.4 Å². The maximum atomic E-state index is 7.08. The summed E-state index contributed by atoms with van der Waals surface area (Å²) in [5, 5.41) is 30.0. The molecule has 0 atom stereocenters. The molecule has 104 heavy (non-hydrogen) atoms. The third kappa shape index (κ3) is 15.4. The highest BCUT2D eigenvalue weighted by atomic mass is 16.5. The summed E-state index contributed by atoms with van der Waals surface area (Å²) < 4.78 is 28.0. The van der Waals surface area contributed by atoms with Crippen LogP contribution in [0.25, 0.3) is 141 Å². The van der Waals surface area contributed by atoms with Crippen LogP contribution in [0.15, 0.2) is 109 Å². The Morgan fingerprint density at radius 3 is 0.769 bits per heavy atom. The summed E-state index contributed by atoms with van der Waals surface area (Å²) in [7, 11) is 0. The predicted octanol–water partition coefficient (Wildman–Crippen LogP) is 32.1. The largest absolute Gasteiger partial charge is 0.490 e. The van der Waals surface area contributed by atoms with Crippen molar-refractivity contribution < 1.29 is 18.9 Å². The molecule has 0 N–H and O–H groups in total. The molecule has 0 heterocycles. The Morgan fingerprint density at radius 1 is 0.212 bits per heavy atom. The second kappa shape index (κ2) is 35.9. The van der Waals surface area contributed by atoms with Gasteiger partial charge in [0.05, 0.1) is 26.4 Å². The molecule has 0 fully saturated rings. The highest BCUT2D eigenvalue weighted by Gasteiger charge is 2.33. The number of aryl methyl sites for hydroxylation is 2. The van der Waals surface area contributed by atoms with Crippen molar-refractivity contribution in [3.8, 4) is 45.3 Å². The third-order valence-corrected chi connectivity index (χ3v) is 24.5. The van der Waals surface area contributed by atoms with E-state index in [-0.39, 0.29) is 0 Å². The lowest BCUT2D eigenvalue weighted by molar-refractivity contribution is 0.257. The number of hydrogen-bond acceptors (Lipinski definition) is 4. The summed E-state index contributed by atoms with van der Waals surface area (Å²) in [5.74, 6) is 3.63. The van der Waals surface area contributed by atoms with Crippen LogP contribution in [0, 0.1) is 13.8 Å². The molecular weight excluding hydrogens is 1270 g/mol. The molecule has 0 saturated heterocycles. The minimum absolute atomic E-state index is 0.692. The van der Waals surface area contributed by atoms with E-state index in [0.717, 1.165) is 59.8 Å². The van der Waals surface area contributed by atoms with E-state index in [1.54, 1.807) is 0 Å². The number of benzene rings is 14. The van der Waals surface area contributed by atoms with Gasteiger partial charge in [-0.25, -0.2) is 0 Å². The Balaban J connectivity index is 0.856. The molecule has 14 rings (SSSR count). The summed E-state index contributed by atoms with van der Waals surface area (Å²) in [6.07, 6.45) is 52.1. The fourth-order valence-corrected chi connectivity index (χ4v) is 19.1. The molecule has 0 aromatic heterocycles. The van der Waals surface area contributed by atoms with Crippen molar-refractivity contribution in [3.63, 3.8) is 0 Å². The van der Waals surface area contributed by atoms with Gasteiger partial charge in [-0.15, -0.1) is 0 Å². The monoisotopic (exact) mass is 1390 g/mol. The lowest BCUT2D eigenvalue weighted by Gasteiger charge is -2.29. The number of ether oxygens (including phenoxy) is 4. The Hall–Kier alpha value is -7.30. The molecule has 0 aliphatic rings. The summed E-state index contributed by atoms with van der Waals surface area (Å²) in [4.78, 5) is 0. The standard InChI is InChI=1S/C100H124O4/c1-7-11-15-19-23-27-31-35-39-43-61-101-83-67-73(65-69(5)99(83)103-63-45-41-37-33-29-25-21-17-13-9-3)85-79-51-47-49-75-77-57-54-72-56-60-82-86(74-66-70(6)100(104-64-46-42-38-34-30-26-22-18-14-10-4)84(68-74)102-62-44-40-36-32-28-24-20-16-12-8-2)80-52-48-50-76-78-58-53-71-55-59-81(85)93-87(71)91(78)98-96(90(76)80)94(82)88(72)92(77)97(98)95(93)89(75)79/h47-60,65-68H,7-46,61-64H2,1-6H3. The van der Waals surface area contributed by atoms with E-state index < -0.39 is 0 Å². The zero-order valence-corrected chi connectivity index (χ0v) is 65.1. The van der Waals surface area contributed by atoms with Crippen LogP contribution >= 0.6 is 0 Å². The second-order valence-corrected chi connectivity index (χ2v) is 32.2. The van der Waals surface area contributed by atoms with E-state index in [2.05, 4.69) is 151 Å². The number of unbranched alkanes of at least 4 members (excludes halogenated alkanes) is 36. The molecule has 548 valence electrons. The summed E-state index contributed by atoms with van der Waals surface area (Å²) in [5.41, 5.74) is 7.29. The normalized spacial score (nSPS) is 12.5. The Labute approximate surface area is 624 Å². The Bertz CT molecular complexity index is 4660. The van der Waals surface area contributed by atoms with Gasteiger partial charge in [0.15, 0.2) is 23.0 Å². The number of fused-ring (bicyclic) bond motifs is 2. The molecule has 0 aliphatic carbocycles. The highest BCUT2D eigenvalue weighted by Crippen LogP contribution is 2.61. The van der Waals surface area contributed by atoms with Crippen LogP contribution in [0.1, 0.15) is 296 Å². The lowest BCUT2D eigenvalue weighted by Crippen LogP contribution is -2.05. The number of hydrogen-bond donors (Lipinski definition) is 0. The van der Waals surface area contributed by atoms with Crippen molar-refractivity contribution in [2.75, 3.05) is 26.4 Å². The van der Waals surface area contributed by atoms with E-state index in [9.17, 15) is 0 Å². The van der Waals surface area contributed by atoms with Crippen molar-refractivity contribution in [1.29, 1.82) is 0 Å². The predicted molar refractivity (Wildman–Crippen MR) is 456 cm³/mol. The second-order valence-electron chi connectivity index (χ2n) is 32.2. The first-order valence-electron chi connectivity index (χ1n) is 43.0. The van der Waals surface area contributed by atoms with Gasteiger partial charge in [-0.3, -0.25) is 0 Å². The average Bonchev–Trinajstić information content (AvgIpc) is 0.647. The van der Waals surface area contributed by atoms with Gasteiger partial charge in [-0.2, -0.15) is 0 Å². The first kappa shape index (κ1) is 73.6. The van der Waals surface area contributed by atoms with Crippen molar-refractivity contribution >= 4 is 118 Å². The van der Waals surface area contributed by atoms with E-state index in [4.69, 9.17) is 18.9 Å². The van der Waals surface area contributed by atoms with Gasteiger partial charge in [0.25, 0.3) is 0 Å². The summed E-state index contributed by atoms with van der Waals surface area (Å²) in [6.45, 7) is 16.6. The smallest absolute Gasteiger partial charge is 0.164 e. The van der Waals surface area contributed by atoms with Crippen molar-refractivity contribution in [3.05, 3.63) is 120 Å². The van der Waals surface area contributed by atoms with E-state index in [0.29, 0.717) is 26.4 Å². The van der Waals surface area contributed by atoms with Crippen LogP contribution < -0.4 is 18.9 Å². The first-order valence-corrected chi connectivity index (χ1v) is 43.0. The lowest BCUT2D eigenvalue weighted by atomic mass is 9.73. The quantitative estimate of drug-likeness (QED) is 0.0216. The van der Waals surface area contributed by atoms with Crippen molar-refractivity contribution in [2.45, 2.75) is 298 Å². The molecule has 0 aliphatic heterocycles. The Morgan fingerprint density at radius 2 is 0.452 bits per heavy atom. The maximum Gasteiger partial charge on any atom is 0.164 e. The molecule has 0 radical (unpaired) electrons. The van der Waals surface area contributed by atoms with Gasteiger partial charge in [0, 0.05) is 0 Å². The van der Waals surface area contributed by atoms with Crippen LogP contribution in [0.3, 0.4) is 0 Å². The van der Waals surface area contributed by atoms with Crippen molar-refractivity contribution in [2.24, 2.45) is 0 Å². The first-order chi connectivity index (χ1) is 51.4.